The fourth-order valence-electron chi connectivity index (χ4n) is 4.98. The number of ether oxygens (including phenoxy) is 1. The number of hydrogen-bond donors (Lipinski definition) is 1. The molecule has 0 spiro atoms. The van der Waals surface area contributed by atoms with Crippen LogP contribution in [-0.2, 0) is 6.54 Å². The molecule has 158 valence electrons. The number of rotatable bonds is 4. The Bertz CT molecular complexity index is 1200. The van der Waals surface area contributed by atoms with Gasteiger partial charge in [0.25, 0.3) is 0 Å². The second-order valence-electron chi connectivity index (χ2n) is 8.10. The Balaban J connectivity index is 1.88. The van der Waals surface area contributed by atoms with Crippen molar-refractivity contribution < 1.29 is 4.74 Å². The Kier molecular flexibility index (Phi) is 5.69. The van der Waals surface area contributed by atoms with E-state index in [1.807, 2.05) is 48.5 Å². The Morgan fingerprint density at radius 2 is 1.75 bits per heavy atom. The summed E-state index contributed by atoms with van der Waals surface area (Å²) in [6.45, 7) is 1.98. The summed E-state index contributed by atoms with van der Waals surface area (Å²) in [5.74, 6) is -0.235. The predicted octanol–water partition coefficient (Wildman–Crippen LogP) is 3.62. The van der Waals surface area contributed by atoms with Gasteiger partial charge in [0.05, 0.1) is 30.5 Å². The molecule has 0 saturated carbocycles. The molecule has 2 unspecified atom stereocenters. The first-order chi connectivity index (χ1) is 15.6. The van der Waals surface area contributed by atoms with Gasteiger partial charge in [0.2, 0.25) is 0 Å². The van der Waals surface area contributed by atoms with Gasteiger partial charge in [-0.25, -0.2) is 0 Å². The third kappa shape index (κ3) is 3.30. The second kappa shape index (κ2) is 8.60. The molecule has 2 atom stereocenters. The Morgan fingerprint density at radius 1 is 1.06 bits per heavy atom. The van der Waals surface area contributed by atoms with Gasteiger partial charge in [-0.1, -0.05) is 54.6 Å². The molecule has 0 aromatic heterocycles. The number of fused-ring (bicyclic) bond motifs is 1. The smallest absolute Gasteiger partial charge is 0.191 e. The molecular formula is C26H23N5O. The molecule has 1 aliphatic carbocycles. The lowest BCUT2D eigenvalue weighted by atomic mass is 9.58. The normalized spacial score (nSPS) is 22.0. The number of hydrogen-bond acceptors (Lipinski definition) is 6. The summed E-state index contributed by atoms with van der Waals surface area (Å²) in [6, 6.07) is 24.1. The number of nitrogens with two attached hydrogens (primary N) is 1. The zero-order chi connectivity index (χ0) is 22.7. The molecule has 0 radical (unpaired) electrons. The first-order valence-electron chi connectivity index (χ1n) is 10.4. The first-order valence-corrected chi connectivity index (χ1v) is 10.4. The summed E-state index contributed by atoms with van der Waals surface area (Å²) in [5.41, 5.74) is 7.74. The van der Waals surface area contributed by atoms with Crippen LogP contribution in [0.2, 0.25) is 0 Å². The van der Waals surface area contributed by atoms with E-state index in [9.17, 15) is 15.8 Å². The van der Waals surface area contributed by atoms with Crippen LogP contribution < -0.4 is 10.5 Å². The highest BCUT2D eigenvalue weighted by Crippen LogP contribution is 2.55. The molecule has 0 amide bonds. The fourth-order valence-corrected chi connectivity index (χ4v) is 4.98. The monoisotopic (exact) mass is 421 g/mol. The van der Waals surface area contributed by atoms with E-state index in [0.29, 0.717) is 18.8 Å². The standard InChI is InChI=1S/C26H23N5O/c1-32-23-10-6-5-9-20(23)24-22-15-31(14-18-7-3-2-4-8-18)12-11-19(22)21(13-27)25(30)26(24,16-28)17-29/h2-11,22,24H,12,14-15,30H2,1H3. The van der Waals surface area contributed by atoms with Crippen LogP contribution in [0.3, 0.4) is 0 Å². The predicted molar refractivity (Wildman–Crippen MR) is 120 cm³/mol. The van der Waals surface area contributed by atoms with Gasteiger partial charge in [-0.05, 0) is 17.2 Å². The van der Waals surface area contributed by atoms with E-state index in [0.717, 1.165) is 17.7 Å². The molecule has 0 saturated heterocycles. The van der Waals surface area contributed by atoms with Crippen LogP contribution in [0.15, 0.2) is 77.5 Å². The van der Waals surface area contributed by atoms with Crippen molar-refractivity contribution in [3.8, 4) is 24.0 Å². The molecule has 2 aromatic carbocycles. The van der Waals surface area contributed by atoms with Crippen LogP contribution in [0.25, 0.3) is 0 Å². The van der Waals surface area contributed by atoms with E-state index >= 15 is 0 Å². The molecule has 6 heteroatoms. The van der Waals surface area contributed by atoms with E-state index < -0.39 is 11.3 Å². The van der Waals surface area contributed by atoms with Crippen LogP contribution in [0.1, 0.15) is 17.0 Å². The lowest BCUT2D eigenvalue weighted by Crippen LogP contribution is -2.47. The second-order valence-corrected chi connectivity index (χ2v) is 8.10. The highest BCUT2D eigenvalue weighted by Gasteiger charge is 2.55. The van der Waals surface area contributed by atoms with Crippen LogP contribution in [-0.4, -0.2) is 25.1 Å². The molecule has 2 aliphatic rings. The van der Waals surface area contributed by atoms with Crippen LogP contribution >= 0.6 is 0 Å². The topological polar surface area (TPSA) is 110 Å². The summed E-state index contributed by atoms with van der Waals surface area (Å²) < 4.78 is 5.60. The summed E-state index contributed by atoms with van der Waals surface area (Å²) in [7, 11) is 1.57. The van der Waals surface area contributed by atoms with E-state index in [4.69, 9.17) is 10.5 Å². The minimum Gasteiger partial charge on any atom is -0.496 e. The Labute approximate surface area is 188 Å². The highest BCUT2D eigenvalue weighted by atomic mass is 16.5. The molecule has 1 aliphatic heterocycles. The van der Waals surface area contributed by atoms with Crippen molar-refractivity contribution in [2.24, 2.45) is 17.1 Å². The number of benzene rings is 2. The Hall–Kier alpha value is -4.05. The summed E-state index contributed by atoms with van der Waals surface area (Å²) in [6.07, 6.45) is 2.02. The van der Waals surface area contributed by atoms with Gasteiger partial charge in [-0.2, -0.15) is 15.8 Å². The van der Waals surface area contributed by atoms with E-state index in [-0.39, 0.29) is 17.2 Å². The highest BCUT2D eigenvalue weighted by molar-refractivity contribution is 5.60. The quantitative estimate of drug-likeness (QED) is 0.807. The van der Waals surface area contributed by atoms with Crippen molar-refractivity contribution in [1.29, 1.82) is 15.8 Å². The van der Waals surface area contributed by atoms with Crippen molar-refractivity contribution in [3.63, 3.8) is 0 Å². The Morgan fingerprint density at radius 3 is 2.41 bits per heavy atom. The number of para-hydroxylation sites is 1. The summed E-state index contributed by atoms with van der Waals surface area (Å²) in [4.78, 5) is 2.27. The molecule has 6 nitrogen and oxygen atoms in total. The number of allylic oxidation sites excluding steroid dienone is 2. The molecule has 2 N–H and O–H groups in total. The molecule has 0 fully saturated rings. The number of nitriles is 3. The van der Waals surface area contributed by atoms with Crippen LogP contribution in [0.5, 0.6) is 5.75 Å². The summed E-state index contributed by atoms with van der Waals surface area (Å²) in [5, 5.41) is 30.4. The van der Waals surface area contributed by atoms with Gasteiger partial charge in [0, 0.05) is 37.0 Å². The van der Waals surface area contributed by atoms with Crippen molar-refractivity contribution in [3.05, 3.63) is 88.6 Å². The van der Waals surface area contributed by atoms with Crippen molar-refractivity contribution in [2.45, 2.75) is 12.5 Å². The van der Waals surface area contributed by atoms with Crippen LogP contribution in [0, 0.1) is 45.3 Å². The average Bonchev–Trinajstić information content (AvgIpc) is 2.84. The number of nitrogens with zero attached hydrogens (tertiary/aromatic N) is 4. The van der Waals surface area contributed by atoms with Gasteiger partial charge in [-0.3, -0.25) is 4.90 Å². The lowest BCUT2D eigenvalue weighted by Gasteiger charge is -2.45. The fraction of sp³-hybridized carbons (Fsp3) is 0.269. The SMILES string of the molecule is COc1ccccc1C1C2CN(Cc3ccccc3)CC=C2C(C#N)=C(N)C1(C#N)C#N. The van der Waals surface area contributed by atoms with Crippen LogP contribution in [0.4, 0.5) is 0 Å². The van der Waals surface area contributed by atoms with Crippen molar-refractivity contribution >= 4 is 0 Å². The van der Waals surface area contributed by atoms with Gasteiger partial charge < -0.3 is 10.5 Å². The van der Waals surface area contributed by atoms with E-state index in [1.54, 1.807) is 7.11 Å². The number of methoxy groups -OCH3 is 1. The minimum atomic E-state index is -1.67. The largest absolute Gasteiger partial charge is 0.496 e. The summed E-state index contributed by atoms with van der Waals surface area (Å²) >= 11 is 0. The lowest BCUT2D eigenvalue weighted by molar-refractivity contribution is 0.199. The van der Waals surface area contributed by atoms with Gasteiger partial charge >= 0.3 is 0 Å². The van der Waals surface area contributed by atoms with Gasteiger partial charge in [0.1, 0.15) is 11.8 Å². The maximum Gasteiger partial charge on any atom is 0.191 e. The van der Waals surface area contributed by atoms with E-state index in [1.165, 1.54) is 5.56 Å². The maximum atomic E-state index is 10.2. The van der Waals surface area contributed by atoms with Gasteiger partial charge in [0.15, 0.2) is 5.41 Å². The molecule has 1 heterocycles. The average molecular weight is 422 g/mol. The van der Waals surface area contributed by atoms with E-state index in [2.05, 4.69) is 35.2 Å². The molecule has 4 rings (SSSR count). The third-order valence-corrected chi connectivity index (χ3v) is 6.46. The first kappa shape index (κ1) is 21.2. The zero-order valence-corrected chi connectivity index (χ0v) is 17.8. The molecule has 2 aromatic rings. The third-order valence-electron chi connectivity index (χ3n) is 6.46. The molecular weight excluding hydrogens is 398 g/mol. The van der Waals surface area contributed by atoms with Gasteiger partial charge in [-0.15, -0.1) is 0 Å². The minimum absolute atomic E-state index is 0.0277. The maximum absolute atomic E-state index is 10.2. The molecule has 0 bridgehead atoms. The zero-order valence-electron chi connectivity index (χ0n) is 17.8. The van der Waals surface area contributed by atoms with Crippen molar-refractivity contribution in [2.75, 3.05) is 20.2 Å². The molecule has 32 heavy (non-hydrogen) atoms. The van der Waals surface area contributed by atoms with Crippen molar-refractivity contribution in [1.82, 2.24) is 4.90 Å².